The van der Waals surface area contributed by atoms with Gasteiger partial charge in [0.2, 0.25) is 5.91 Å². The number of nitrogens with one attached hydrogen (secondary N) is 1. The van der Waals surface area contributed by atoms with Crippen LogP contribution in [0.5, 0.6) is 0 Å². The van der Waals surface area contributed by atoms with Gasteiger partial charge in [-0.15, -0.1) is 0 Å². The summed E-state index contributed by atoms with van der Waals surface area (Å²) in [6.45, 7) is 7.73. The van der Waals surface area contributed by atoms with Crippen molar-refractivity contribution in [3.63, 3.8) is 0 Å². The van der Waals surface area contributed by atoms with E-state index in [0.717, 1.165) is 36.4 Å². The smallest absolute Gasteiger partial charge is 0.225 e. The van der Waals surface area contributed by atoms with Crippen LogP contribution in [0.2, 0.25) is 0 Å². The molecule has 2 heterocycles. The molecule has 1 aromatic heterocycles. The summed E-state index contributed by atoms with van der Waals surface area (Å²) in [6, 6.07) is 4.54. The first-order chi connectivity index (χ1) is 9.47. The van der Waals surface area contributed by atoms with Crippen LogP contribution in [0.15, 0.2) is 21.2 Å². The van der Waals surface area contributed by atoms with Crippen LogP contribution >= 0.6 is 15.9 Å². The van der Waals surface area contributed by atoms with E-state index in [1.807, 2.05) is 30.9 Å². The Balaban J connectivity index is 1.81. The molecule has 0 aliphatic carbocycles. The molecule has 1 unspecified atom stereocenters. The van der Waals surface area contributed by atoms with Crippen LogP contribution < -0.4 is 5.32 Å². The fraction of sp³-hybridized carbons (Fsp3) is 0.667. The van der Waals surface area contributed by atoms with Gasteiger partial charge in [0, 0.05) is 25.0 Å². The van der Waals surface area contributed by atoms with Crippen molar-refractivity contribution in [3.05, 3.63) is 22.6 Å². The second kappa shape index (κ2) is 6.76. The highest BCUT2D eigenvalue weighted by molar-refractivity contribution is 9.10. The number of hydrogen-bond donors (Lipinski definition) is 1. The standard InChI is InChI=1S/C15H23BrN2O2/c1-10(2)15(19)18-8-6-12(7-9-18)17-11(3)13-4-5-14(16)20-13/h4-5,10-12,17H,6-9H2,1-3H3. The molecule has 0 bridgehead atoms. The van der Waals surface area contributed by atoms with Crippen LogP contribution in [-0.4, -0.2) is 29.9 Å². The summed E-state index contributed by atoms with van der Waals surface area (Å²) in [5.74, 6) is 1.31. The predicted octanol–water partition coefficient (Wildman–Crippen LogP) is 3.34. The van der Waals surface area contributed by atoms with Gasteiger partial charge < -0.3 is 14.6 Å². The lowest BCUT2D eigenvalue weighted by Gasteiger charge is -2.34. The SMILES string of the molecule is CC(C)C(=O)N1CCC(NC(C)c2ccc(Br)o2)CC1. The van der Waals surface area contributed by atoms with E-state index in [9.17, 15) is 4.79 Å². The third-order valence-electron chi connectivity index (χ3n) is 3.81. The Labute approximate surface area is 129 Å². The van der Waals surface area contributed by atoms with Crippen molar-refractivity contribution in [1.82, 2.24) is 10.2 Å². The van der Waals surface area contributed by atoms with Crippen LogP contribution in [0.3, 0.4) is 0 Å². The van der Waals surface area contributed by atoms with E-state index in [-0.39, 0.29) is 17.9 Å². The summed E-state index contributed by atoms with van der Waals surface area (Å²) < 4.78 is 6.33. The lowest BCUT2D eigenvalue weighted by atomic mass is 10.0. The number of amides is 1. The number of nitrogens with zero attached hydrogens (tertiary/aromatic N) is 1. The van der Waals surface area contributed by atoms with E-state index >= 15 is 0 Å². The molecule has 1 fully saturated rings. The number of hydrogen-bond acceptors (Lipinski definition) is 3. The average molecular weight is 343 g/mol. The lowest BCUT2D eigenvalue weighted by Crippen LogP contribution is -2.46. The van der Waals surface area contributed by atoms with E-state index in [1.165, 1.54) is 0 Å². The Morgan fingerprint density at radius 1 is 1.35 bits per heavy atom. The highest BCUT2D eigenvalue weighted by Crippen LogP contribution is 2.22. The van der Waals surface area contributed by atoms with E-state index < -0.39 is 0 Å². The van der Waals surface area contributed by atoms with E-state index in [4.69, 9.17) is 4.42 Å². The van der Waals surface area contributed by atoms with Crippen LogP contribution in [-0.2, 0) is 4.79 Å². The number of halogens is 1. The Hall–Kier alpha value is -0.810. The summed E-state index contributed by atoms with van der Waals surface area (Å²) >= 11 is 3.32. The molecule has 1 saturated heterocycles. The summed E-state index contributed by atoms with van der Waals surface area (Å²) in [4.78, 5) is 13.9. The second-order valence-corrected chi connectivity index (χ2v) is 6.57. The largest absolute Gasteiger partial charge is 0.453 e. The lowest BCUT2D eigenvalue weighted by molar-refractivity contribution is -0.135. The summed E-state index contributed by atoms with van der Waals surface area (Å²) in [7, 11) is 0. The number of likely N-dealkylation sites (tertiary alicyclic amines) is 1. The summed E-state index contributed by atoms with van der Waals surface area (Å²) in [5.41, 5.74) is 0. The van der Waals surface area contributed by atoms with Crippen molar-refractivity contribution >= 4 is 21.8 Å². The maximum Gasteiger partial charge on any atom is 0.225 e. The van der Waals surface area contributed by atoms with E-state index in [1.54, 1.807) is 0 Å². The molecule has 0 aromatic carbocycles. The van der Waals surface area contributed by atoms with Gasteiger partial charge in [-0.3, -0.25) is 4.79 Å². The topological polar surface area (TPSA) is 45.5 Å². The Morgan fingerprint density at radius 3 is 2.50 bits per heavy atom. The molecule has 0 radical (unpaired) electrons. The van der Waals surface area contributed by atoms with Crippen molar-refractivity contribution in [2.75, 3.05) is 13.1 Å². The molecule has 1 aromatic rings. The molecule has 0 spiro atoms. The molecule has 2 rings (SSSR count). The minimum Gasteiger partial charge on any atom is -0.453 e. The van der Waals surface area contributed by atoms with Crippen LogP contribution in [0.4, 0.5) is 0 Å². The maximum absolute atomic E-state index is 11.9. The Kier molecular flexibility index (Phi) is 5.27. The minimum absolute atomic E-state index is 0.0962. The van der Waals surface area contributed by atoms with Gasteiger partial charge in [-0.2, -0.15) is 0 Å². The summed E-state index contributed by atoms with van der Waals surface area (Å²) in [6.07, 6.45) is 2.01. The van der Waals surface area contributed by atoms with Gasteiger partial charge in [-0.05, 0) is 47.8 Å². The number of rotatable bonds is 4. The number of piperidine rings is 1. The van der Waals surface area contributed by atoms with Gasteiger partial charge in [0.1, 0.15) is 5.76 Å². The molecule has 1 aliphatic heterocycles. The van der Waals surface area contributed by atoms with Crippen molar-refractivity contribution in [2.24, 2.45) is 5.92 Å². The zero-order valence-electron chi connectivity index (χ0n) is 12.4. The molecule has 1 N–H and O–H groups in total. The first kappa shape index (κ1) is 15.6. The monoisotopic (exact) mass is 342 g/mol. The number of furan rings is 1. The third-order valence-corrected chi connectivity index (χ3v) is 4.23. The van der Waals surface area contributed by atoms with Gasteiger partial charge in [0.05, 0.1) is 6.04 Å². The van der Waals surface area contributed by atoms with Gasteiger partial charge >= 0.3 is 0 Å². The van der Waals surface area contributed by atoms with Crippen molar-refractivity contribution in [2.45, 2.75) is 45.7 Å². The zero-order chi connectivity index (χ0) is 14.7. The second-order valence-electron chi connectivity index (χ2n) is 5.78. The molecule has 1 aliphatic rings. The average Bonchev–Trinajstić information content (AvgIpc) is 2.85. The molecule has 112 valence electrons. The molecular weight excluding hydrogens is 320 g/mol. The molecule has 1 atom stereocenters. The highest BCUT2D eigenvalue weighted by atomic mass is 79.9. The Bertz CT molecular complexity index is 450. The summed E-state index contributed by atoms with van der Waals surface area (Å²) in [5, 5.41) is 3.58. The molecule has 1 amide bonds. The minimum atomic E-state index is 0.0962. The van der Waals surface area contributed by atoms with Crippen LogP contribution in [0.25, 0.3) is 0 Å². The van der Waals surface area contributed by atoms with E-state index in [2.05, 4.69) is 28.2 Å². The molecule has 5 heteroatoms. The normalized spacial score (nSPS) is 18.6. The zero-order valence-corrected chi connectivity index (χ0v) is 13.9. The highest BCUT2D eigenvalue weighted by Gasteiger charge is 2.25. The van der Waals surface area contributed by atoms with Gasteiger partial charge in [0.25, 0.3) is 0 Å². The molecular formula is C15H23BrN2O2. The van der Waals surface area contributed by atoms with E-state index in [0.29, 0.717) is 6.04 Å². The number of carbonyl (C=O) groups is 1. The first-order valence-electron chi connectivity index (χ1n) is 7.27. The Morgan fingerprint density at radius 2 is 2.00 bits per heavy atom. The van der Waals surface area contributed by atoms with Crippen molar-refractivity contribution in [3.8, 4) is 0 Å². The number of carbonyl (C=O) groups excluding carboxylic acids is 1. The predicted molar refractivity (Wildman–Crippen MR) is 82.4 cm³/mol. The fourth-order valence-corrected chi connectivity index (χ4v) is 2.95. The molecule has 0 saturated carbocycles. The van der Waals surface area contributed by atoms with Crippen molar-refractivity contribution < 1.29 is 9.21 Å². The van der Waals surface area contributed by atoms with Gasteiger partial charge in [-0.1, -0.05) is 13.8 Å². The fourth-order valence-electron chi connectivity index (χ4n) is 2.63. The van der Waals surface area contributed by atoms with Crippen LogP contribution in [0.1, 0.15) is 45.4 Å². The maximum atomic E-state index is 11.9. The van der Waals surface area contributed by atoms with Crippen molar-refractivity contribution in [1.29, 1.82) is 0 Å². The molecule has 4 nitrogen and oxygen atoms in total. The molecule has 20 heavy (non-hydrogen) atoms. The quantitative estimate of drug-likeness (QED) is 0.912. The first-order valence-corrected chi connectivity index (χ1v) is 8.06. The van der Waals surface area contributed by atoms with Crippen LogP contribution in [0, 0.1) is 5.92 Å². The van der Waals surface area contributed by atoms with Gasteiger partial charge in [0.15, 0.2) is 4.67 Å². The third kappa shape index (κ3) is 3.85. The van der Waals surface area contributed by atoms with Gasteiger partial charge in [-0.25, -0.2) is 0 Å².